The lowest BCUT2D eigenvalue weighted by Crippen LogP contribution is -1.86. The third-order valence-electron chi connectivity index (χ3n) is 3.00. The molecule has 0 saturated carbocycles. The molecule has 1 rings (SSSR count). The van der Waals surface area contributed by atoms with Crippen LogP contribution in [-0.2, 0) is 0 Å². The van der Waals surface area contributed by atoms with Gasteiger partial charge in [-0.05, 0) is 30.1 Å². The molecule has 0 N–H and O–H groups in total. The van der Waals surface area contributed by atoms with Crippen molar-refractivity contribution >= 4 is 6.08 Å². The molecule has 0 heteroatoms. The maximum absolute atomic E-state index is 3.73. The minimum absolute atomic E-state index is 1.08. The van der Waals surface area contributed by atoms with Gasteiger partial charge in [0.25, 0.3) is 0 Å². The second-order valence-corrected chi connectivity index (χ2v) is 4.55. The van der Waals surface area contributed by atoms with E-state index in [0.717, 1.165) is 12.8 Å². The number of benzene rings is 1. The molecule has 0 atom stereocenters. The van der Waals surface area contributed by atoms with Crippen molar-refractivity contribution in [3.05, 3.63) is 90.1 Å². The van der Waals surface area contributed by atoms with E-state index < -0.39 is 0 Å². The first-order valence-corrected chi connectivity index (χ1v) is 7.19. The fraction of sp³-hybridized carbons (Fsp3) is 0.200. The Balaban J connectivity index is 2.89. The van der Waals surface area contributed by atoms with Gasteiger partial charge in [-0.2, -0.15) is 0 Å². The summed E-state index contributed by atoms with van der Waals surface area (Å²) in [7, 11) is 0. The monoisotopic (exact) mass is 264 g/mol. The molecule has 104 valence electrons. The van der Waals surface area contributed by atoms with Crippen LogP contribution in [0.1, 0.15) is 32.3 Å². The summed E-state index contributed by atoms with van der Waals surface area (Å²) >= 11 is 0. The molecule has 0 heterocycles. The van der Waals surface area contributed by atoms with E-state index in [-0.39, 0.29) is 0 Å². The lowest BCUT2D eigenvalue weighted by atomic mass is 10.00. The highest BCUT2D eigenvalue weighted by Crippen LogP contribution is 2.18. The molecule has 0 unspecified atom stereocenters. The van der Waals surface area contributed by atoms with E-state index in [1.54, 1.807) is 0 Å². The van der Waals surface area contributed by atoms with E-state index in [4.69, 9.17) is 0 Å². The molecule has 0 aromatic heterocycles. The van der Waals surface area contributed by atoms with Crippen LogP contribution in [0.5, 0.6) is 0 Å². The Bertz CT molecular complexity index is 510. The van der Waals surface area contributed by atoms with Crippen LogP contribution in [0.15, 0.2) is 84.5 Å². The molecule has 0 nitrogen and oxygen atoms in total. The Morgan fingerprint density at radius 3 is 2.50 bits per heavy atom. The maximum atomic E-state index is 3.73. The Morgan fingerprint density at radius 2 is 1.90 bits per heavy atom. The van der Waals surface area contributed by atoms with Crippen molar-refractivity contribution in [1.82, 2.24) is 0 Å². The van der Waals surface area contributed by atoms with E-state index in [2.05, 4.69) is 75.1 Å². The first kappa shape index (κ1) is 16.0. The standard InChI is InChI=1S/C20H24/c1-4-7-16-19(6-3)20(12-5-2)17-11-15-18-13-9-8-10-14-18/h4,6-11,13-17H,1,5,12H2,2-3H3/b15-11+,16-7-,19-6+,20-17+. The van der Waals surface area contributed by atoms with Gasteiger partial charge in [0, 0.05) is 0 Å². The molecule has 0 aliphatic rings. The second-order valence-electron chi connectivity index (χ2n) is 4.55. The molecule has 0 saturated heterocycles. The van der Waals surface area contributed by atoms with Gasteiger partial charge in [0.15, 0.2) is 0 Å². The first-order valence-electron chi connectivity index (χ1n) is 7.19. The highest BCUT2D eigenvalue weighted by molar-refractivity contribution is 5.52. The van der Waals surface area contributed by atoms with Gasteiger partial charge in [-0.15, -0.1) is 0 Å². The number of allylic oxidation sites excluding steroid dienone is 8. The molecule has 20 heavy (non-hydrogen) atoms. The van der Waals surface area contributed by atoms with Crippen LogP contribution in [0.2, 0.25) is 0 Å². The molecule has 0 bridgehead atoms. The van der Waals surface area contributed by atoms with Crippen LogP contribution in [0.25, 0.3) is 6.08 Å². The Kier molecular flexibility index (Phi) is 7.83. The van der Waals surface area contributed by atoms with Crippen molar-refractivity contribution in [2.45, 2.75) is 26.7 Å². The molecule has 0 aliphatic carbocycles. The van der Waals surface area contributed by atoms with E-state index in [1.807, 2.05) is 18.2 Å². The largest absolute Gasteiger partial charge is 0.0991 e. The summed E-state index contributed by atoms with van der Waals surface area (Å²) < 4.78 is 0. The zero-order valence-electron chi connectivity index (χ0n) is 12.5. The average molecular weight is 264 g/mol. The van der Waals surface area contributed by atoms with E-state index >= 15 is 0 Å². The summed E-state index contributed by atoms with van der Waals surface area (Å²) in [5.74, 6) is 0. The molecule has 0 spiro atoms. The third-order valence-corrected chi connectivity index (χ3v) is 3.00. The van der Waals surface area contributed by atoms with Crippen LogP contribution >= 0.6 is 0 Å². The minimum atomic E-state index is 1.08. The topological polar surface area (TPSA) is 0 Å². The quantitative estimate of drug-likeness (QED) is 0.521. The summed E-state index contributed by atoms with van der Waals surface area (Å²) in [5, 5.41) is 0. The lowest BCUT2D eigenvalue weighted by molar-refractivity contribution is 0.917. The summed E-state index contributed by atoms with van der Waals surface area (Å²) in [6.45, 7) is 8.01. The summed E-state index contributed by atoms with van der Waals surface area (Å²) in [4.78, 5) is 0. The SMILES string of the molecule is C=C\C=C/C(=C\C)C(=C/C=C/c1ccccc1)/CCC. The number of rotatable bonds is 7. The van der Waals surface area contributed by atoms with Gasteiger partial charge in [0.1, 0.15) is 0 Å². The van der Waals surface area contributed by atoms with E-state index in [1.165, 1.54) is 16.7 Å². The second kappa shape index (κ2) is 9.80. The molecule has 0 fully saturated rings. The first-order chi connectivity index (χ1) is 9.81. The summed E-state index contributed by atoms with van der Waals surface area (Å²) in [6.07, 6.45) is 16.8. The number of hydrogen-bond acceptors (Lipinski definition) is 0. The van der Waals surface area contributed by atoms with Crippen molar-refractivity contribution in [1.29, 1.82) is 0 Å². The molecule has 0 amide bonds. The predicted octanol–water partition coefficient (Wildman–Crippen LogP) is 6.11. The Labute approximate surface area is 123 Å². The van der Waals surface area contributed by atoms with Gasteiger partial charge in [0.2, 0.25) is 0 Å². The van der Waals surface area contributed by atoms with Crippen molar-refractivity contribution < 1.29 is 0 Å². The predicted molar refractivity (Wildman–Crippen MR) is 91.6 cm³/mol. The highest BCUT2D eigenvalue weighted by Gasteiger charge is 1.98. The average Bonchev–Trinajstić information content (AvgIpc) is 2.49. The third kappa shape index (κ3) is 5.71. The molecule has 0 radical (unpaired) electrons. The normalized spacial score (nSPS) is 13.3. The molecular formula is C20H24. The van der Waals surface area contributed by atoms with Crippen LogP contribution in [0, 0.1) is 0 Å². The zero-order chi connectivity index (χ0) is 14.6. The van der Waals surface area contributed by atoms with Gasteiger partial charge in [-0.3, -0.25) is 0 Å². The van der Waals surface area contributed by atoms with Crippen molar-refractivity contribution in [2.24, 2.45) is 0 Å². The van der Waals surface area contributed by atoms with Gasteiger partial charge in [-0.1, -0.05) is 92.8 Å². The van der Waals surface area contributed by atoms with E-state index in [9.17, 15) is 0 Å². The smallest absolute Gasteiger partial charge is 0.0257 e. The molecular weight excluding hydrogens is 240 g/mol. The van der Waals surface area contributed by atoms with Crippen LogP contribution in [0.3, 0.4) is 0 Å². The zero-order valence-corrected chi connectivity index (χ0v) is 12.5. The van der Waals surface area contributed by atoms with Gasteiger partial charge in [0.05, 0.1) is 0 Å². The minimum Gasteiger partial charge on any atom is -0.0991 e. The molecule has 0 aliphatic heterocycles. The summed E-state index contributed by atoms with van der Waals surface area (Å²) in [5.41, 5.74) is 3.85. The van der Waals surface area contributed by atoms with Crippen LogP contribution in [-0.4, -0.2) is 0 Å². The van der Waals surface area contributed by atoms with E-state index in [0.29, 0.717) is 0 Å². The lowest BCUT2D eigenvalue weighted by Gasteiger charge is -2.06. The van der Waals surface area contributed by atoms with Crippen LogP contribution < -0.4 is 0 Å². The Hall–Kier alpha value is -2.08. The van der Waals surface area contributed by atoms with Crippen molar-refractivity contribution in [3.8, 4) is 0 Å². The highest BCUT2D eigenvalue weighted by atomic mass is 14.0. The fourth-order valence-electron chi connectivity index (χ4n) is 1.99. The maximum Gasteiger partial charge on any atom is -0.0257 e. The van der Waals surface area contributed by atoms with Gasteiger partial charge in [-0.25, -0.2) is 0 Å². The van der Waals surface area contributed by atoms with Crippen molar-refractivity contribution in [2.75, 3.05) is 0 Å². The van der Waals surface area contributed by atoms with Crippen LogP contribution in [0.4, 0.5) is 0 Å². The fourth-order valence-corrected chi connectivity index (χ4v) is 1.99. The van der Waals surface area contributed by atoms with Gasteiger partial charge >= 0.3 is 0 Å². The van der Waals surface area contributed by atoms with Gasteiger partial charge < -0.3 is 0 Å². The number of hydrogen-bond donors (Lipinski definition) is 0. The Morgan fingerprint density at radius 1 is 1.15 bits per heavy atom. The summed E-state index contributed by atoms with van der Waals surface area (Å²) in [6, 6.07) is 10.4. The van der Waals surface area contributed by atoms with Crippen molar-refractivity contribution in [3.63, 3.8) is 0 Å². The molecule has 1 aromatic carbocycles. The molecule has 1 aromatic rings.